The van der Waals surface area contributed by atoms with Crippen LogP contribution >= 0.6 is 0 Å². The fraction of sp³-hybridized carbons (Fsp3) is 0.600. The fourth-order valence-corrected chi connectivity index (χ4v) is 3.71. The van der Waals surface area contributed by atoms with Crippen LogP contribution in [0.4, 0.5) is 4.39 Å². The zero-order valence-electron chi connectivity index (χ0n) is 13.4. The summed E-state index contributed by atoms with van der Waals surface area (Å²) in [6.07, 6.45) is 0.731. The Morgan fingerprint density at radius 3 is 2.38 bits per heavy atom. The lowest BCUT2D eigenvalue weighted by molar-refractivity contribution is 0.336. The highest BCUT2D eigenvalue weighted by atomic mass is 32.2. The SMILES string of the molecule is CNCc1ccc(S(=O)(=O)N(C)C(C)CC(C)C)c(F)c1. The molecular formula is C15H25FN2O2S. The average Bonchev–Trinajstić information content (AvgIpc) is 2.37. The molecule has 1 unspecified atom stereocenters. The molecule has 0 aliphatic rings. The molecule has 0 bridgehead atoms. The van der Waals surface area contributed by atoms with Crippen molar-refractivity contribution in [1.29, 1.82) is 0 Å². The van der Waals surface area contributed by atoms with Crippen molar-refractivity contribution in [1.82, 2.24) is 9.62 Å². The standard InChI is InChI=1S/C15H25FN2O2S/c1-11(2)8-12(3)18(5)21(19,20)15-7-6-13(10-17-4)9-14(15)16/h6-7,9,11-12,17H,8,10H2,1-5H3. The number of halogens is 1. The third-order valence-corrected chi connectivity index (χ3v) is 5.47. The molecule has 0 saturated heterocycles. The normalized spacial score (nSPS) is 13.9. The first kappa shape index (κ1) is 18.1. The van der Waals surface area contributed by atoms with Crippen LogP contribution in [0.25, 0.3) is 0 Å². The van der Waals surface area contributed by atoms with Crippen LogP contribution in [-0.2, 0) is 16.6 Å². The first-order chi connectivity index (χ1) is 9.70. The first-order valence-electron chi connectivity index (χ1n) is 7.11. The molecule has 0 radical (unpaired) electrons. The molecule has 0 aliphatic carbocycles. The topological polar surface area (TPSA) is 49.4 Å². The van der Waals surface area contributed by atoms with E-state index in [0.29, 0.717) is 18.0 Å². The van der Waals surface area contributed by atoms with Crippen molar-refractivity contribution in [3.05, 3.63) is 29.6 Å². The number of sulfonamides is 1. The van der Waals surface area contributed by atoms with E-state index in [0.717, 1.165) is 6.42 Å². The highest BCUT2D eigenvalue weighted by Gasteiger charge is 2.28. The van der Waals surface area contributed by atoms with Gasteiger partial charge < -0.3 is 5.32 Å². The van der Waals surface area contributed by atoms with Crippen LogP contribution in [-0.4, -0.2) is 32.9 Å². The molecule has 0 aliphatic heterocycles. The highest BCUT2D eigenvalue weighted by Crippen LogP contribution is 2.23. The molecule has 0 spiro atoms. The summed E-state index contributed by atoms with van der Waals surface area (Å²) < 4.78 is 40.4. The van der Waals surface area contributed by atoms with Gasteiger partial charge >= 0.3 is 0 Å². The molecule has 1 rings (SSSR count). The summed E-state index contributed by atoms with van der Waals surface area (Å²) in [6, 6.07) is 4.07. The lowest BCUT2D eigenvalue weighted by Crippen LogP contribution is -2.36. The van der Waals surface area contributed by atoms with Gasteiger partial charge in [-0.3, -0.25) is 0 Å². The number of hydrogen-bond donors (Lipinski definition) is 1. The van der Waals surface area contributed by atoms with Crippen molar-refractivity contribution in [2.24, 2.45) is 5.92 Å². The van der Waals surface area contributed by atoms with Gasteiger partial charge in [0.25, 0.3) is 0 Å². The van der Waals surface area contributed by atoms with E-state index in [1.807, 2.05) is 20.8 Å². The first-order valence-corrected chi connectivity index (χ1v) is 8.55. The van der Waals surface area contributed by atoms with Crippen molar-refractivity contribution >= 4 is 10.0 Å². The molecule has 0 saturated carbocycles. The number of hydrogen-bond acceptors (Lipinski definition) is 3. The van der Waals surface area contributed by atoms with Crippen LogP contribution in [0.15, 0.2) is 23.1 Å². The van der Waals surface area contributed by atoms with Gasteiger partial charge in [-0.2, -0.15) is 4.31 Å². The van der Waals surface area contributed by atoms with Crippen LogP contribution in [0.1, 0.15) is 32.8 Å². The molecule has 1 aromatic rings. The molecule has 0 aromatic heterocycles. The molecule has 120 valence electrons. The van der Waals surface area contributed by atoms with E-state index < -0.39 is 15.8 Å². The summed E-state index contributed by atoms with van der Waals surface area (Å²) in [7, 11) is -0.551. The Morgan fingerprint density at radius 2 is 1.90 bits per heavy atom. The average molecular weight is 316 g/mol. The third kappa shape index (κ3) is 4.49. The van der Waals surface area contributed by atoms with Crippen molar-refractivity contribution < 1.29 is 12.8 Å². The van der Waals surface area contributed by atoms with Gasteiger partial charge in [0.15, 0.2) is 0 Å². The Bertz CT molecular complexity index is 573. The lowest BCUT2D eigenvalue weighted by atomic mass is 10.1. The molecule has 0 amide bonds. The minimum absolute atomic E-state index is 0.175. The van der Waals surface area contributed by atoms with Gasteiger partial charge in [-0.05, 0) is 44.0 Å². The fourth-order valence-electron chi connectivity index (χ4n) is 2.29. The van der Waals surface area contributed by atoms with E-state index in [1.165, 1.54) is 23.5 Å². The minimum Gasteiger partial charge on any atom is -0.316 e. The van der Waals surface area contributed by atoms with Crippen molar-refractivity contribution in [3.63, 3.8) is 0 Å². The van der Waals surface area contributed by atoms with Crippen LogP contribution < -0.4 is 5.32 Å². The zero-order valence-corrected chi connectivity index (χ0v) is 14.2. The Morgan fingerprint density at radius 1 is 1.29 bits per heavy atom. The van der Waals surface area contributed by atoms with E-state index in [2.05, 4.69) is 5.32 Å². The molecule has 21 heavy (non-hydrogen) atoms. The van der Waals surface area contributed by atoms with Gasteiger partial charge in [-0.15, -0.1) is 0 Å². The van der Waals surface area contributed by atoms with Crippen molar-refractivity contribution in [2.45, 2.75) is 44.7 Å². The van der Waals surface area contributed by atoms with Gasteiger partial charge in [0, 0.05) is 19.6 Å². The molecule has 1 atom stereocenters. The van der Waals surface area contributed by atoms with Gasteiger partial charge in [-0.25, -0.2) is 12.8 Å². The second kappa shape index (κ2) is 7.33. The van der Waals surface area contributed by atoms with Crippen LogP contribution in [0.2, 0.25) is 0 Å². The second-order valence-electron chi connectivity index (χ2n) is 5.79. The molecular weight excluding hydrogens is 291 g/mol. The van der Waals surface area contributed by atoms with E-state index in [1.54, 1.807) is 13.1 Å². The maximum absolute atomic E-state index is 14.1. The summed E-state index contributed by atoms with van der Waals surface area (Å²) in [6.45, 7) is 6.40. The minimum atomic E-state index is -3.81. The van der Waals surface area contributed by atoms with Crippen molar-refractivity contribution in [3.8, 4) is 0 Å². The summed E-state index contributed by atoms with van der Waals surface area (Å²) in [5, 5.41) is 2.91. The number of benzene rings is 1. The monoisotopic (exact) mass is 316 g/mol. The number of rotatable bonds is 7. The number of nitrogens with one attached hydrogen (secondary N) is 1. The molecule has 4 nitrogen and oxygen atoms in total. The Kier molecular flexibility index (Phi) is 6.31. The highest BCUT2D eigenvalue weighted by molar-refractivity contribution is 7.89. The quantitative estimate of drug-likeness (QED) is 0.841. The molecule has 1 aromatic carbocycles. The zero-order chi connectivity index (χ0) is 16.2. The summed E-state index contributed by atoms with van der Waals surface area (Å²) >= 11 is 0. The molecule has 1 N–H and O–H groups in total. The predicted molar refractivity (Wildman–Crippen MR) is 83.0 cm³/mol. The molecule has 0 heterocycles. The number of nitrogens with zero attached hydrogens (tertiary/aromatic N) is 1. The molecule has 6 heteroatoms. The molecule has 0 fully saturated rings. The maximum atomic E-state index is 14.1. The van der Waals surface area contributed by atoms with Crippen LogP contribution in [0, 0.1) is 11.7 Å². The Labute approximate surface area is 127 Å². The van der Waals surface area contributed by atoms with E-state index in [9.17, 15) is 12.8 Å². The lowest BCUT2D eigenvalue weighted by Gasteiger charge is -2.25. The summed E-state index contributed by atoms with van der Waals surface area (Å²) in [5.41, 5.74) is 0.715. The smallest absolute Gasteiger partial charge is 0.245 e. The van der Waals surface area contributed by atoms with Gasteiger partial charge in [0.2, 0.25) is 10.0 Å². The van der Waals surface area contributed by atoms with Crippen molar-refractivity contribution in [2.75, 3.05) is 14.1 Å². The van der Waals surface area contributed by atoms with E-state index in [-0.39, 0.29) is 10.9 Å². The van der Waals surface area contributed by atoms with Crippen LogP contribution in [0.3, 0.4) is 0 Å². The van der Waals surface area contributed by atoms with E-state index >= 15 is 0 Å². The summed E-state index contributed by atoms with van der Waals surface area (Å²) in [4.78, 5) is -0.263. The second-order valence-corrected chi connectivity index (χ2v) is 7.76. The third-order valence-electron chi connectivity index (χ3n) is 3.47. The predicted octanol–water partition coefficient (Wildman–Crippen LogP) is 2.60. The Hall–Kier alpha value is -0.980. The van der Waals surface area contributed by atoms with Gasteiger partial charge in [0.05, 0.1) is 0 Å². The Balaban J connectivity index is 3.07. The van der Waals surface area contributed by atoms with Gasteiger partial charge in [-0.1, -0.05) is 19.9 Å². The largest absolute Gasteiger partial charge is 0.316 e. The maximum Gasteiger partial charge on any atom is 0.245 e. The summed E-state index contributed by atoms with van der Waals surface area (Å²) in [5.74, 6) is -0.327. The van der Waals surface area contributed by atoms with Crippen LogP contribution in [0.5, 0.6) is 0 Å². The van der Waals surface area contributed by atoms with E-state index in [4.69, 9.17) is 0 Å². The van der Waals surface area contributed by atoms with Gasteiger partial charge in [0.1, 0.15) is 10.7 Å².